The zero-order chi connectivity index (χ0) is 8.43. The highest BCUT2D eigenvalue weighted by atomic mass is 79.9. The lowest BCUT2D eigenvalue weighted by molar-refractivity contribution is 0.249. The zero-order valence-electron chi connectivity index (χ0n) is 5.54. The summed E-state index contributed by atoms with van der Waals surface area (Å²) >= 11 is 3.15. The van der Waals surface area contributed by atoms with Crippen LogP contribution in [0.25, 0.3) is 0 Å². The highest BCUT2D eigenvalue weighted by Gasteiger charge is 1.97. The second kappa shape index (κ2) is 2.87. The number of primary amides is 1. The van der Waals surface area contributed by atoms with E-state index >= 15 is 0 Å². The molecule has 5 heteroatoms. The SMILES string of the molecule is N=c1ccc(Br)cn1C(N)=O. The van der Waals surface area contributed by atoms with Crippen LogP contribution in [0, 0.1) is 5.41 Å². The molecule has 0 aliphatic carbocycles. The largest absolute Gasteiger partial charge is 0.351 e. The van der Waals surface area contributed by atoms with Crippen molar-refractivity contribution in [1.29, 1.82) is 5.41 Å². The van der Waals surface area contributed by atoms with E-state index < -0.39 is 6.03 Å². The molecule has 0 aromatic carbocycles. The first-order valence-corrected chi connectivity index (χ1v) is 3.63. The highest BCUT2D eigenvalue weighted by molar-refractivity contribution is 9.10. The number of nitrogens with zero attached hydrogens (tertiary/aromatic N) is 1. The van der Waals surface area contributed by atoms with Crippen LogP contribution < -0.4 is 11.2 Å². The Morgan fingerprint density at radius 1 is 1.64 bits per heavy atom. The van der Waals surface area contributed by atoms with Crippen LogP contribution >= 0.6 is 15.9 Å². The molecule has 1 heterocycles. The van der Waals surface area contributed by atoms with Crippen molar-refractivity contribution in [3.8, 4) is 0 Å². The first kappa shape index (κ1) is 8.00. The number of hydrogen-bond acceptors (Lipinski definition) is 2. The van der Waals surface area contributed by atoms with Gasteiger partial charge in [0.2, 0.25) is 0 Å². The molecule has 0 atom stereocenters. The van der Waals surface area contributed by atoms with Crippen LogP contribution in [0.3, 0.4) is 0 Å². The molecule has 0 spiro atoms. The Balaban J connectivity index is 3.35. The molecule has 1 amide bonds. The molecular weight excluding hydrogens is 210 g/mol. The van der Waals surface area contributed by atoms with Gasteiger partial charge in [0.05, 0.1) is 0 Å². The molecule has 0 fully saturated rings. The Bertz CT molecular complexity index is 344. The number of nitrogens with two attached hydrogens (primary N) is 1. The quantitative estimate of drug-likeness (QED) is 0.656. The maximum atomic E-state index is 10.6. The van der Waals surface area contributed by atoms with Crippen molar-refractivity contribution in [2.45, 2.75) is 0 Å². The lowest BCUT2D eigenvalue weighted by Crippen LogP contribution is -2.30. The molecule has 0 saturated carbocycles. The standard InChI is InChI=1S/C6H6BrN3O/c7-4-1-2-5(8)10(3-4)6(9)11/h1-3,8H,(H2,9,11). The molecule has 0 aliphatic rings. The number of rotatable bonds is 0. The normalized spacial score (nSPS) is 9.55. The number of hydrogen-bond donors (Lipinski definition) is 2. The van der Waals surface area contributed by atoms with Gasteiger partial charge in [0.15, 0.2) is 0 Å². The molecule has 3 N–H and O–H groups in total. The monoisotopic (exact) mass is 215 g/mol. The van der Waals surface area contributed by atoms with E-state index in [0.717, 1.165) is 4.57 Å². The Morgan fingerprint density at radius 2 is 2.27 bits per heavy atom. The van der Waals surface area contributed by atoms with Gasteiger partial charge in [-0.15, -0.1) is 0 Å². The van der Waals surface area contributed by atoms with Crippen LogP contribution in [-0.4, -0.2) is 10.6 Å². The first-order valence-electron chi connectivity index (χ1n) is 2.84. The fraction of sp³-hybridized carbons (Fsp3) is 0. The van der Waals surface area contributed by atoms with Crippen LogP contribution in [0.5, 0.6) is 0 Å². The predicted octanol–water partition coefficient (Wildman–Crippen LogP) is 0.657. The summed E-state index contributed by atoms with van der Waals surface area (Å²) in [5.41, 5.74) is 5.04. The van der Waals surface area contributed by atoms with Crippen molar-refractivity contribution in [3.05, 3.63) is 28.3 Å². The van der Waals surface area contributed by atoms with E-state index in [1.165, 1.54) is 12.3 Å². The third-order valence-corrected chi connectivity index (χ3v) is 1.62. The first-order chi connectivity index (χ1) is 5.11. The summed E-state index contributed by atoms with van der Waals surface area (Å²) in [7, 11) is 0. The Hall–Kier alpha value is -1.10. The predicted molar refractivity (Wildman–Crippen MR) is 43.0 cm³/mol. The van der Waals surface area contributed by atoms with E-state index in [0.29, 0.717) is 4.47 Å². The summed E-state index contributed by atoms with van der Waals surface area (Å²) in [5.74, 6) is 0. The fourth-order valence-corrected chi connectivity index (χ4v) is 0.994. The van der Waals surface area contributed by atoms with E-state index in [-0.39, 0.29) is 5.49 Å². The molecule has 0 aliphatic heterocycles. The topological polar surface area (TPSA) is 71.9 Å². The van der Waals surface area contributed by atoms with Crippen molar-refractivity contribution in [3.63, 3.8) is 0 Å². The van der Waals surface area contributed by atoms with E-state index in [9.17, 15) is 4.79 Å². The molecule has 1 rings (SSSR count). The van der Waals surface area contributed by atoms with E-state index in [1.54, 1.807) is 6.07 Å². The van der Waals surface area contributed by atoms with Gasteiger partial charge >= 0.3 is 6.03 Å². The minimum absolute atomic E-state index is 0.0701. The summed E-state index contributed by atoms with van der Waals surface area (Å²) < 4.78 is 1.76. The molecule has 11 heavy (non-hydrogen) atoms. The third kappa shape index (κ3) is 1.68. The Morgan fingerprint density at radius 3 is 2.73 bits per heavy atom. The number of aromatic nitrogens is 1. The molecule has 0 radical (unpaired) electrons. The van der Waals surface area contributed by atoms with Gasteiger partial charge in [0.25, 0.3) is 0 Å². The lowest BCUT2D eigenvalue weighted by Gasteiger charge is -1.99. The molecular formula is C6H6BrN3O. The van der Waals surface area contributed by atoms with Crippen LogP contribution in [0.15, 0.2) is 22.8 Å². The number of carbonyl (C=O) groups excluding carboxylic acids is 1. The minimum atomic E-state index is -0.656. The number of halogens is 1. The van der Waals surface area contributed by atoms with Gasteiger partial charge in [0.1, 0.15) is 5.49 Å². The van der Waals surface area contributed by atoms with Gasteiger partial charge in [-0.25, -0.2) is 4.79 Å². The van der Waals surface area contributed by atoms with Crippen LogP contribution in [0.2, 0.25) is 0 Å². The molecule has 0 saturated heterocycles. The van der Waals surface area contributed by atoms with Crippen molar-refractivity contribution >= 4 is 22.0 Å². The molecule has 0 unspecified atom stereocenters. The average Bonchev–Trinajstić information content (AvgIpc) is 1.94. The highest BCUT2D eigenvalue weighted by Crippen LogP contribution is 2.03. The van der Waals surface area contributed by atoms with Crippen molar-refractivity contribution in [2.75, 3.05) is 0 Å². The summed E-state index contributed by atoms with van der Waals surface area (Å²) in [6.07, 6.45) is 1.45. The number of carbonyl (C=O) groups is 1. The van der Waals surface area contributed by atoms with Gasteiger partial charge in [0, 0.05) is 10.7 Å². The second-order valence-electron chi connectivity index (χ2n) is 1.94. The van der Waals surface area contributed by atoms with Crippen molar-refractivity contribution < 1.29 is 4.79 Å². The van der Waals surface area contributed by atoms with E-state index in [4.69, 9.17) is 11.1 Å². The van der Waals surface area contributed by atoms with E-state index in [1.807, 2.05) is 0 Å². The maximum Gasteiger partial charge on any atom is 0.324 e. The minimum Gasteiger partial charge on any atom is -0.351 e. The molecule has 58 valence electrons. The zero-order valence-corrected chi connectivity index (χ0v) is 7.13. The number of nitrogens with one attached hydrogen (secondary N) is 1. The van der Waals surface area contributed by atoms with Crippen molar-refractivity contribution in [1.82, 2.24) is 4.57 Å². The number of pyridine rings is 1. The van der Waals surface area contributed by atoms with Crippen LogP contribution in [0.1, 0.15) is 0 Å². The van der Waals surface area contributed by atoms with Gasteiger partial charge in [-0.3, -0.25) is 9.98 Å². The summed E-state index contributed by atoms with van der Waals surface area (Å²) in [4.78, 5) is 10.6. The summed E-state index contributed by atoms with van der Waals surface area (Å²) in [6.45, 7) is 0. The van der Waals surface area contributed by atoms with Gasteiger partial charge in [-0.1, -0.05) is 0 Å². The van der Waals surface area contributed by atoms with Crippen LogP contribution in [0.4, 0.5) is 4.79 Å². The summed E-state index contributed by atoms with van der Waals surface area (Å²) in [6, 6.07) is 2.49. The van der Waals surface area contributed by atoms with Gasteiger partial charge in [-0.2, -0.15) is 0 Å². The van der Waals surface area contributed by atoms with Gasteiger partial charge < -0.3 is 5.73 Å². The fourth-order valence-electron chi connectivity index (χ4n) is 0.657. The van der Waals surface area contributed by atoms with E-state index in [2.05, 4.69) is 15.9 Å². The smallest absolute Gasteiger partial charge is 0.324 e. The number of amides is 1. The Kier molecular flexibility index (Phi) is 2.09. The molecule has 4 nitrogen and oxygen atoms in total. The lowest BCUT2D eigenvalue weighted by atomic mass is 10.5. The van der Waals surface area contributed by atoms with Gasteiger partial charge in [-0.05, 0) is 28.1 Å². The molecule has 0 bridgehead atoms. The average molecular weight is 216 g/mol. The molecule has 1 aromatic heterocycles. The molecule has 1 aromatic rings. The summed E-state index contributed by atoms with van der Waals surface area (Å²) in [5, 5.41) is 7.24. The Labute approximate surface area is 71.3 Å². The second-order valence-corrected chi connectivity index (χ2v) is 2.86. The maximum absolute atomic E-state index is 10.6. The van der Waals surface area contributed by atoms with Crippen LogP contribution in [-0.2, 0) is 0 Å². The van der Waals surface area contributed by atoms with Crippen molar-refractivity contribution in [2.24, 2.45) is 5.73 Å². The third-order valence-electron chi connectivity index (χ3n) is 1.15.